The predicted molar refractivity (Wildman–Crippen MR) is 83.1 cm³/mol. The van der Waals surface area contributed by atoms with Crippen molar-refractivity contribution in [2.24, 2.45) is 0 Å². The molecule has 1 aromatic rings. The maximum Gasteiger partial charge on any atom is 0.119 e. The Morgan fingerprint density at radius 3 is 2.63 bits per heavy atom. The van der Waals surface area contributed by atoms with Gasteiger partial charge in [-0.2, -0.15) is 0 Å². The normalized spacial score (nSPS) is 12.1. The van der Waals surface area contributed by atoms with Crippen LogP contribution in [0.15, 0.2) is 36.9 Å². The van der Waals surface area contributed by atoms with Gasteiger partial charge in [0.25, 0.3) is 0 Å². The molecule has 0 spiro atoms. The molecule has 0 aliphatic carbocycles. The molecular formula is C16H24ClNO. The maximum absolute atomic E-state index is 5.84. The second-order valence-electron chi connectivity index (χ2n) is 4.68. The summed E-state index contributed by atoms with van der Waals surface area (Å²) < 4.78 is 5.75. The van der Waals surface area contributed by atoms with Crippen LogP contribution in [0.5, 0.6) is 5.75 Å². The van der Waals surface area contributed by atoms with Gasteiger partial charge in [0.05, 0.1) is 0 Å². The Kier molecular flexibility index (Phi) is 8.35. The molecule has 2 nitrogen and oxygen atoms in total. The third-order valence-corrected chi connectivity index (χ3v) is 3.39. The first-order valence-corrected chi connectivity index (χ1v) is 7.30. The van der Waals surface area contributed by atoms with Gasteiger partial charge in [0, 0.05) is 11.1 Å². The fraction of sp³-hybridized carbons (Fsp3) is 0.500. The Morgan fingerprint density at radius 2 is 2.00 bits per heavy atom. The summed E-state index contributed by atoms with van der Waals surface area (Å²) >= 11 is 5.84. The first-order valence-electron chi connectivity index (χ1n) is 6.92. The average Bonchev–Trinajstić information content (AvgIpc) is 2.44. The maximum atomic E-state index is 5.84. The number of nitrogens with one attached hydrogen (secondary N) is 1. The molecule has 0 fully saturated rings. The van der Waals surface area contributed by atoms with Gasteiger partial charge in [-0.1, -0.05) is 30.5 Å². The monoisotopic (exact) mass is 281 g/mol. The van der Waals surface area contributed by atoms with E-state index in [0.717, 1.165) is 23.6 Å². The summed E-state index contributed by atoms with van der Waals surface area (Å²) in [6, 6.07) is 7.90. The Balaban J connectivity index is 2.20. The molecule has 0 bridgehead atoms. The minimum absolute atomic E-state index is 0.402. The van der Waals surface area contributed by atoms with Gasteiger partial charge in [0.15, 0.2) is 0 Å². The van der Waals surface area contributed by atoms with Crippen LogP contribution in [-0.2, 0) is 0 Å². The first-order chi connectivity index (χ1) is 9.26. The standard InChI is InChI=1S/C16H24ClNO/c1-3-4-5-6-7-8-15(18-2)13-19-16-11-9-14(17)10-12-16/h3,9-12,15,18H,1,4-8,13H2,2H3. The SMILES string of the molecule is C=CCCCCCC(COc1ccc(Cl)cc1)NC. The molecule has 0 heterocycles. The van der Waals surface area contributed by atoms with E-state index in [0.29, 0.717) is 12.6 Å². The molecule has 1 atom stereocenters. The Hall–Kier alpha value is -0.990. The quantitative estimate of drug-likeness (QED) is 0.505. The molecule has 0 saturated carbocycles. The van der Waals surface area contributed by atoms with Crippen molar-refractivity contribution in [1.29, 1.82) is 0 Å². The minimum atomic E-state index is 0.402. The zero-order valence-corrected chi connectivity index (χ0v) is 12.5. The highest BCUT2D eigenvalue weighted by Gasteiger charge is 2.06. The van der Waals surface area contributed by atoms with E-state index in [9.17, 15) is 0 Å². The van der Waals surface area contributed by atoms with E-state index in [1.54, 1.807) is 0 Å². The van der Waals surface area contributed by atoms with Gasteiger partial charge in [-0.3, -0.25) is 0 Å². The second-order valence-corrected chi connectivity index (χ2v) is 5.11. The summed E-state index contributed by atoms with van der Waals surface area (Å²) in [5.41, 5.74) is 0. The zero-order valence-electron chi connectivity index (χ0n) is 11.7. The highest BCUT2D eigenvalue weighted by atomic mass is 35.5. The molecule has 0 amide bonds. The number of hydrogen-bond donors (Lipinski definition) is 1. The lowest BCUT2D eigenvalue weighted by molar-refractivity contribution is 0.260. The molecule has 0 radical (unpaired) electrons. The lowest BCUT2D eigenvalue weighted by Gasteiger charge is -2.17. The molecule has 0 aliphatic rings. The topological polar surface area (TPSA) is 21.3 Å². The lowest BCUT2D eigenvalue weighted by atomic mass is 10.1. The third-order valence-electron chi connectivity index (χ3n) is 3.13. The largest absolute Gasteiger partial charge is 0.492 e. The second kappa shape index (κ2) is 9.88. The van der Waals surface area contributed by atoms with Gasteiger partial charge in [-0.15, -0.1) is 6.58 Å². The van der Waals surface area contributed by atoms with Crippen LogP contribution in [0.25, 0.3) is 0 Å². The van der Waals surface area contributed by atoms with Crippen molar-refractivity contribution >= 4 is 11.6 Å². The van der Waals surface area contributed by atoms with Crippen LogP contribution in [-0.4, -0.2) is 19.7 Å². The smallest absolute Gasteiger partial charge is 0.119 e. The van der Waals surface area contributed by atoms with Crippen LogP contribution in [0.2, 0.25) is 5.02 Å². The van der Waals surface area contributed by atoms with E-state index in [4.69, 9.17) is 16.3 Å². The molecule has 1 aromatic carbocycles. The van der Waals surface area contributed by atoms with Crippen molar-refractivity contribution < 1.29 is 4.74 Å². The van der Waals surface area contributed by atoms with Crippen LogP contribution in [0, 0.1) is 0 Å². The summed E-state index contributed by atoms with van der Waals surface area (Å²) in [6.07, 6.45) is 7.96. The number of allylic oxidation sites excluding steroid dienone is 1. The van der Waals surface area contributed by atoms with Gasteiger partial charge in [-0.05, 0) is 50.6 Å². The van der Waals surface area contributed by atoms with Crippen LogP contribution in [0.3, 0.4) is 0 Å². The van der Waals surface area contributed by atoms with Crippen molar-refractivity contribution in [3.05, 3.63) is 41.9 Å². The average molecular weight is 282 g/mol. The number of unbranched alkanes of at least 4 members (excludes halogenated alkanes) is 3. The van der Waals surface area contributed by atoms with E-state index in [1.807, 2.05) is 37.4 Å². The van der Waals surface area contributed by atoms with Gasteiger partial charge >= 0.3 is 0 Å². The van der Waals surface area contributed by atoms with Gasteiger partial charge in [0.2, 0.25) is 0 Å². The molecular weight excluding hydrogens is 258 g/mol. The Morgan fingerprint density at radius 1 is 1.26 bits per heavy atom. The van der Waals surface area contributed by atoms with E-state index in [1.165, 1.54) is 19.3 Å². The Bertz CT molecular complexity index is 350. The van der Waals surface area contributed by atoms with Crippen molar-refractivity contribution in [2.75, 3.05) is 13.7 Å². The van der Waals surface area contributed by atoms with Gasteiger partial charge in [0.1, 0.15) is 12.4 Å². The van der Waals surface area contributed by atoms with E-state index in [2.05, 4.69) is 11.9 Å². The molecule has 0 aliphatic heterocycles. The molecule has 1 unspecified atom stereocenters. The summed E-state index contributed by atoms with van der Waals surface area (Å²) in [7, 11) is 1.99. The van der Waals surface area contributed by atoms with Crippen LogP contribution < -0.4 is 10.1 Å². The highest BCUT2D eigenvalue weighted by molar-refractivity contribution is 6.30. The molecule has 106 valence electrons. The summed E-state index contributed by atoms with van der Waals surface area (Å²) in [5.74, 6) is 0.872. The van der Waals surface area contributed by atoms with E-state index < -0.39 is 0 Å². The molecule has 1 N–H and O–H groups in total. The fourth-order valence-electron chi connectivity index (χ4n) is 1.89. The Labute approximate surface area is 121 Å². The summed E-state index contributed by atoms with van der Waals surface area (Å²) in [4.78, 5) is 0. The number of likely N-dealkylation sites (N-methyl/N-ethyl adjacent to an activating group) is 1. The first kappa shape index (κ1) is 16.1. The highest BCUT2D eigenvalue weighted by Crippen LogP contribution is 2.16. The third kappa shape index (κ3) is 7.24. The van der Waals surface area contributed by atoms with Crippen molar-refractivity contribution in [3.8, 4) is 5.75 Å². The van der Waals surface area contributed by atoms with E-state index >= 15 is 0 Å². The van der Waals surface area contributed by atoms with Crippen molar-refractivity contribution in [3.63, 3.8) is 0 Å². The summed E-state index contributed by atoms with van der Waals surface area (Å²) in [5, 5.41) is 4.04. The summed E-state index contributed by atoms with van der Waals surface area (Å²) in [6.45, 7) is 4.43. The minimum Gasteiger partial charge on any atom is -0.492 e. The number of ether oxygens (including phenoxy) is 1. The van der Waals surface area contributed by atoms with Crippen molar-refractivity contribution in [1.82, 2.24) is 5.32 Å². The number of hydrogen-bond acceptors (Lipinski definition) is 2. The molecule has 1 rings (SSSR count). The number of rotatable bonds is 10. The van der Waals surface area contributed by atoms with E-state index in [-0.39, 0.29) is 0 Å². The van der Waals surface area contributed by atoms with Crippen LogP contribution >= 0.6 is 11.6 Å². The zero-order chi connectivity index (χ0) is 13.9. The van der Waals surface area contributed by atoms with Gasteiger partial charge < -0.3 is 10.1 Å². The fourth-order valence-corrected chi connectivity index (χ4v) is 2.02. The number of benzene rings is 1. The molecule has 3 heteroatoms. The van der Waals surface area contributed by atoms with Crippen LogP contribution in [0.1, 0.15) is 32.1 Å². The van der Waals surface area contributed by atoms with Crippen LogP contribution in [0.4, 0.5) is 0 Å². The lowest BCUT2D eigenvalue weighted by Crippen LogP contribution is -2.31. The molecule has 19 heavy (non-hydrogen) atoms. The molecule has 0 aromatic heterocycles. The van der Waals surface area contributed by atoms with Crippen molar-refractivity contribution in [2.45, 2.75) is 38.1 Å². The molecule has 0 saturated heterocycles. The predicted octanol–water partition coefficient (Wildman–Crippen LogP) is 4.44. The van der Waals surface area contributed by atoms with Gasteiger partial charge in [-0.25, -0.2) is 0 Å². The number of halogens is 1.